The van der Waals surface area contributed by atoms with Gasteiger partial charge in [0, 0.05) is 23.4 Å². The molecule has 0 unspecified atom stereocenters. The Labute approximate surface area is 155 Å². The molecule has 1 heterocycles. The molecule has 0 aliphatic carbocycles. The topological polar surface area (TPSA) is 90.4 Å². The number of nitrogens with one attached hydrogen (secondary N) is 1. The van der Waals surface area contributed by atoms with Crippen LogP contribution in [0.2, 0.25) is 5.28 Å². The Kier molecular flexibility index (Phi) is 4.88. The number of benzene rings is 2. The average Bonchev–Trinajstić information content (AvgIpc) is 2.60. The Morgan fingerprint density at radius 1 is 1.00 bits per heavy atom. The van der Waals surface area contributed by atoms with Gasteiger partial charge in [0.1, 0.15) is 5.82 Å². The lowest BCUT2D eigenvalue weighted by atomic mass is 10.2. The first-order valence-corrected chi connectivity index (χ1v) is 9.75. The van der Waals surface area contributed by atoms with Gasteiger partial charge in [0.05, 0.1) is 24.6 Å². The van der Waals surface area contributed by atoms with Crippen molar-refractivity contribution in [3.8, 4) is 11.5 Å². The molecule has 0 bridgehead atoms. The molecule has 3 aromatic rings. The maximum Gasteiger partial charge on any atom is 0.224 e. The minimum absolute atomic E-state index is 0.0694. The first-order valence-electron chi connectivity index (χ1n) is 7.48. The molecule has 26 heavy (non-hydrogen) atoms. The summed E-state index contributed by atoms with van der Waals surface area (Å²) in [6, 6.07) is 9.80. The zero-order valence-electron chi connectivity index (χ0n) is 14.3. The van der Waals surface area contributed by atoms with Gasteiger partial charge >= 0.3 is 0 Å². The van der Waals surface area contributed by atoms with Crippen molar-refractivity contribution in [1.82, 2.24) is 9.97 Å². The van der Waals surface area contributed by atoms with Crippen molar-refractivity contribution in [1.29, 1.82) is 0 Å². The molecule has 1 N–H and O–H groups in total. The quantitative estimate of drug-likeness (QED) is 0.664. The van der Waals surface area contributed by atoms with E-state index in [1.54, 1.807) is 24.3 Å². The summed E-state index contributed by atoms with van der Waals surface area (Å²) in [5.74, 6) is 1.52. The Morgan fingerprint density at radius 2 is 1.62 bits per heavy atom. The normalized spacial score (nSPS) is 11.4. The zero-order chi connectivity index (χ0) is 18.9. The second-order valence-electron chi connectivity index (χ2n) is 5.49. The summed E-state index contributed by atoms with van der Waals surface area (Å²) < 4.78 is 33.7. The molecular formula is C17H16ClN3O4S. The smallest absolute Gasteiger partial charge is 0.224 e. The molecular weight excluding hydrogens is 378 g/mol. The van der Waals surface area contributed by atoms with E-state index < -0.39 is 9.84 Å². The van der Waals surface area contributed by atoms with Crippen molar-refractivity contribution in [3.63, 3.8) is 0 Å². The summed E-state index contributed by atoms with van der Waals surface area (Å²) in [6.45, 7) is 0. The summed E-state index contributed by atoms with van der Waals surface area (Å²) in [4.78, 5) is 8.67. The van der Waals surface area contributed by atoms with Crippen LogP contribution in [0.3, 0.4) is 0 Å². The van der Waals surface area contributed by atoms with Gasteiger partial charge < -0.3 is 14.8 Å². The van der Waals surface area contributed by atoms with Crippen molar-refractivity contribution in [3.05, 3.63) is 41.7 Å². The first-order chi connectivity index (χ1) is 12.3. The van der Waals surface area contributed by atoms with Crippen LogP contribution < -0.4 is 14.8 Å². The minimum Gasteiger partial charge on any atom is -0.493 e. The Morgan fingerprint density at radius 3 is 2.19 bits per heavy atom. The average molecular weight is 394 g/mol. The van der Waals surface area contributed by atoms with Crippen molar-refractivity contribution < 1.29 is 17.9 Å². The van der Waals surface area contributed by atoms with Gasteiger partial charge in [-0.2, -0.15) is 4.98 Å². The number of methoxy groups -OCH3 is 2. The standard InChI is InChI=1S/C17H16ClN3O4S/c1-24-14-8-12-13(9-15(14)25-2)20-17(18)21-16(12)19-10-4-6-11(7-5-10)26(3,22)23/h4-9H,1-3H3,(H,19,20,21). The molecule has 0 spiro atoms. The van der Waals surface area contributed by atoms with Gasteiger partial charge in [0.2, 0.25) is 5.28 Å². The lowest BCUT2D eigenvalue weighted by molar-refractivity contribution is 0.356. The van der Waals surface area contributed by atoms with E-state index in [1.165, 1.54) is 26.4 Å². The third-order valence-electron chi connectivity index (χ3n) is 3.72. The highest BCUT2D eigenvalue weighted by atomic mass is 35.5. The molecule has 0 aliphatic rings. The number of hydrogen-bond acceptors (Lipinski definition) is 7. The fraction of sp³-hybridized carbons (Fsp3) is 0.176. The predicted octanol–water partition coefficient (Wildman–Crippen LogP) is 3.45. The summed E-state index contributed by atoms with van der Waals surface area (Å²) in [5, 5.41) is 3.88. The van der Waals surface area contributed by atoms with Crippen molar-refractivity contribution >= 4 is 43.8 Å². The Hall–Kier alpha value is -2.58. The third kappa shape index (κ3) is 3.66. The number of nitrogens with zero attached hydrogens (tertiary/aromatic N) is 2. The van der Waals surface area contributed by atoms with Crippen LogP contribution in [0, 0.1) is 0 Å². The fourth-order valence-electron chi connectivity index (χ4n) is 2.44. The molecule has 1 aromatic heterocycles. The van der Waals surface area contributed by atoms with Gasteiger partial charge in [0.15, 0.2) is 21.3 Å². The van der Waals surface area contributed by atoms with E-state index in [4.69, 9.17) is 21.1 Å². The van der Waals surface area contributed by atoms with Crippen molar-refractivity contribution in [2.24, 2.45) is 0 Å². The van der Waals surface area contributed by atoms with E-state index in [2.05, 4.69) is 15.3 Å². The molecule has 0 radical (unpaired) electrons. The van der Waals surface area contributed by atoms with Crippen molar-refractivity contribution in [2.45, 2.75) is 4.90 Å². The number of halogens is 1. The highest BCUT2D eigenvalue weighted by Crippen LogP contribution is 2.35. The van der Waals surface area contributed by atoms with E-state index >= 15 is 0 Å². The Balaban J connectivity index is 2.06. The second kappa shape index (κ2) is 6.97. The Bertz CT molecular complexity index is 1070. The van der Waals surface area contributed by atoms with Gasteiger partial charge in [-0.3, -0.25) is 0 Å². The van der Waals surface area contributed by atoms with Crippen LogP contribution in [0.25, 0.3) is 10.9 Å². The number of rotatable bonds is 5. The minimum atomic E-state index is -3.26. The number of ether oxygens (including phenoxy) is 2. The van der Waals surface area contributed by atoms with E-state index in [9.17, 15) is 8.42 Å². The van der Waals surface area contributed by atoms with Crippen LogP contribution in [-0.4, -0.2) is 38.9 Å². The molecule has 0 atom stereocenters. The van der Waals surface area contributed by atoms with Crippen LogP contribution in [0.4, 0.5) is 11.5 Å². The van der Waals surface area contributed by atoms with Gasteiger partial charge in [-0.25, -0.2) is 13.4 Å². The van der Waals surface area contributed by atoms with E-state index in [-0.39, 0.29) is 10.2 Å². The lowest BCUT2D eigenvalue weighted by Crippen LogP contribution is -2.00. The van der Waals surface area contributed by atoms with Gasteiger partial charge in [0.25, 0.3) is 0 Å². The summed E-state index contributed by atoms with van der Waals surface area (Å²) in [6.07, 6.45) is 1.16. The largest absolute Gasteiger partial charge is 0.493 e. The molecule has 0 aliphatic heterocycles. The molecule has 0 saturated carbocycles. The van der Waals surface area contributed by atoms with Crippen molar-refractivity contribution in [2.75, 3.05) is 25.8 Å². The van der Waals surface area contributed by atoms with E-state index in [0.717, 1.165) is 6.26 Å². The first kappa shape index (κ1) is 18.2. The molecule has 0 fully saturated rings. The number of anilines is 2. The van der Waals surface area contributed by atoms with Gasteiger partial charge in [-0.1, -0.05) is 0 Å². The maximum absolute atomic E-state index is 11.6. The summed E-state index contributed by atoms with van der Waals surface area (Å²) in [5.41, 5.74) is 1.24. The van der Waals surface area contributed by atoms with E-state index in [0.29, 0.717) is 33.9 Å². The van der Waals surface area contributed by atoms with Crippen LogP contribution in [0.1, 0.15) is 0 Å². The SMILES string of the molecule is COc1cc2nc(Cl)nc(Nc3ccc(S(C)(=O)=O)cc3)c2cc1OC. The highest BCUT2D eigenvalue weighted by Gasteiger charge is 2.13. The molecule has 7 nitrogen and oxygen atoms in total. The lowest BCUT2D eigenvalue weighted by Gasteiger charge is -2.13. The van der Waals surface area contributed by atoms with E-state index in [1.807, 2.05) is 0 Å². The number of sulfone groups is 1. The number of hydrogen-bond donors (Lipinski definition) is 1. The molecule has 3 rings (SSSR count). The van der Waals surface area contributed by atoms with Crippen LogP contribution in [0.5, 0.6) is 11.5 Å². The summed E-state index contributed by atoms with van der Waals surface area (Å²) in [7, 11) is -0.180. The summed E-state index contributed by atoms with van der Waals surface area (Å²) >= 11 is 6.03. The number of aromatic nitrogens is 2. The number of fused-ring (bicyclic) bond motifs is 1. The zero-order valence-corrected chi connectivity index (χ0v) is 15.9. The monoisotopic (exact) mass is 393 g/mol. The maximum atomic E-state index is 11.6. The fourth-order valence-corrected chi connectivity index (χ4v) is 3.25. The van der Waals surface area contributed by atoms with Crippen LogP contribution in [-0.2, 0) is 9.84 Å². The second-order valence-corrected chi connectivity index (χ2v) is 7.84. The van der Waals surface area contributed by atoms with Crippen LogP contribution in [0.15, 0.2) is 41.3 Å². The van der Waals surface area contributed by atoms with Gasteiger partial charge in [-0.05, 0) is 41.9 Å². The molecule has 2 aromatic carbocycles. The molecule has 9 heteroatoms. The predicted molar refractivity (Wildman–Crippen MR) is 100 cm³/mol. The van der Waals surface area contributed by atoms with Gasteiger partial charge in [-0.15, -0.1) is 0 Å². The highest BCUT2D eigenvalue weighted by molar-refractivity contribution is 7.90. The molecule has 0 saturated heterocycles. The third-order valence-corrected chi connectivity index (χ3v) is 5.02. The molecule has 136 valence electrons. The molecule has 0 amide bonds. The van der Waals surface area contributed by atoms with Crippen LogP contribution >= 0.6 is 11.6 Å².